The van der Waals surface area contributed by atoms with Gasteiger partial charge in [0, 0.05) is 19.7 Å². The zero-order chi connectivity index (χ0) is 21.4. The Hall–Kier alpha value is -1.80. The molecule has 164 valence electrons. The SMILES string of the molecule is COCCN(C1CCN(CCCc2ccccc2)CC1)S(=O)(=O)c1ccccc1F. The van der Waals surface area contributed by atoms with E-state index < -0.39 is 15.8 Å². The van der Waals surface area contributed by atoms with Crippen LogP contribution in [0.1, 0.15) is 24.8 Å². The van der Waals surface area contributed by atoms with Crippen molar-refractivity contribution < 1.29 is 17.5 Å². The van der Waals surface area contributed by atoms with Crippen LogP contribution in [-0.4, -0.2) is 63.6 Å². The summed E-state index contributed by atoms with van der Waals surface area (Å²) in [5, 5.41) is 0. The van der Waals surface area contributed by atoms with Crippen molar-refractivity contribution in [2.24, 2.45) is 0 Å². The van der Waals surface area contributed by atoms with Gasteiger partial charge in [-0.15, -0.1) is 0 Å². The molecule has 30 heavy (non-hydrogen) atoms. The Morgan fingerprint density at radius 2 is 1.73 bits per heavy atom. The molecule has 0 saturated carbocycles. The van der Waals surface area contributed by atoms with E-state index >= 15 is 0 Å². The number of methoxy groups -OCH3 is 1. The monoisotopic (exact) mass is 434 g/mol. The lowest BCUT2D eigenvalue weighted by molar-refractivity contribution is 0.127. The summed E-state index contributed by atoms with van der Waals surface area (Å²) in [4.78, 5) is 2.13. The van der Waals surface area contributed by atoms with Gasteiger partial charge in [0.2, 0.25) is 10.0 Å². The van der Waals surface area contributed by atoms with E-state index in [9.17, 15) is 12.8 Å². The van der Waals surface area contributed by atoms with Crippen LogP contribution in [0.15, 0.2) is 59.5 Å². The molecule has 2 aromatic carbocycles. The molecule has 2 aromatic rings. The molecule has 0 aromatic heterocycles. The molecular weight excluding hydrogens is 403 g/mol. The van der Waals surface area contributed by atoms with Gasteiger partial charge in [-0.25, -0.2) is 12.8 Å². The lowest BCUT2D eigenvalue weighted by atomic mass is 10.0. The number of likely N-dealkylation sites (tertiary alicyclic amines) is 1. The number of piperidine rings is 1. The van der Waals surface area contributed by atoms with E-state index in [0.717, 1.165) is 45.3 Å². The highest BCUT2D eigenvalue weighted by atomic mass is 32.2. The van der Waals surface area contributed by atoms with Crippen molar-refractivity contribution in [3.63, 3.8) is 0 Å². The van der Waals surface area contributed by atoms with Gasteiger partial charge in [0.25, 0.3) is 0 Å². The Morgan fingerprint density at radius 1 is 1.07 bits per heavy atom. The molecule has 0 radical (unpaired) electrons. The van der Waals surface area contributed by atoms with Crippen molar-refractivity contribution in [2.45, 2.75) is 36.6 Å². The van der Waals surface area contributed by atoms with Crippen LogP contribution in [0, 0.1) is 5.82 Å². The number of rotatable bonds is 10. The first-order valence-electron chi connectivity index (χ1n) is 10.5. The summed E-state index contributed by atoms with van der Waals surface area (Å²) >= 11 is 0. The van der Waals surface area contributed by atoms with Crippen LogP contribution in [0.4, 0.5) is 4.39 Å². The molecule has 0 amide bonds. The van der Waals surface area contributed by atoms with Crippen LogP contribution in [-0.2, 0) is 21.2 Å². The Kier molecular flexibility index (Phi) is 8.39. The molecule has 0 unspecified atom stereocenters. The van der Waals surface area contributed by atoms with Gasteiger partial charge in [-0.3, -0.25) is 0 Å². The lowest BCUT2D eigenvalue weighted by Crippen LogP contribution is -2.48. The second-order valence-corrected chi connectivity index (χ2v) is 9.56. The molecule has 5 nitrogen and oxygen atoms in total. The van der Waals surface area contributed by atoms with Crippen molar-refractivity contribution in [2.75, 3.05) is 39.9 Å². The van der Waals surface area contributed by atoms with E-state index in [1.165, 1.54) is 28.1 Å². The maximum atomic E-state index is 14.2. The Labute approximate surface area is 179 Å². The number of ether oxygens (including phenoxy) is 1. The Balaban J connectivity index is 1.59. The number of sulfonamides is 1. The molecule has 1 saturated heterocycles. The van der Waals surface area contributed by atoms with E-state index in [4.69, 9.17) is 4.74 Å². The molecule has 7 heteroatoms. The van der Waals surface area contributed by atoms with Gasteiger partial charge in [-0.1, -0.05) is 42.5 Å². The lowest BCUT2D eigenvalue weighted by Gasteiger charge is -2.37. The highest BCUT2D eigenvalue weighted by molar-refractivity contribution is 7.89. The van der Waals surface area contributed by atoms with Gasteiger partial charge in [0.15, 0.2) is 0 Å². The number of halogens is 1. The van der Waals surface area contributed by atoms with Gasteiger partial charge in [0.05, 0.1) is 6.61 Å². The average molecular weight is 435 g/mol. The number of hydrogen-bond donors (Lipinski definition) is 0. The summed E-state index contributed by atoms with van der Waals surface area (Å²) in [6.07, 6.45) is 3.60. The van der Waals surface area contributed by atoms with Gasteiger partial charge in [-0.2, -0.15) is 4.31 Å². The minimum Gasteiger partial charge on any atom is -0.383 e. The minimum atomic E-state index is -3.91. The summed E-state index contributed by atoms with van der Waals surface area (Å²) < 4.78 is 47.2. The summed E-state index contributed by atoms with van der Waals surface area (Å²) in [5.41, 5.74) is 1.34. The zero-order valence-electron chi connectivity index (χ0n) is 17.5. The first-order valence-corrected chi connectivity index (χ1v) is 12.0. The maximum absolute atomic E-state index is 14.2. The Morgan fingerprint density at radius 3 is 2.40 bits per heavy atom. The first-order chi connectivity index (χ1) is 14.5. The van der Waals surface area contributed by atoms with Crippen molar-refractivity contribution >= 4 is 10.0 Å². The number of nitrogens with zero attached hydrogens (tertiary/aromatic N) is 2. The molecule has 1 heterocycles. The predicted octanol–water partition coefficient (Wildman–Crippen LogP) is 3.56. The van der Waals surface area contributed by atoms with Gasteiger partial charge >= 0.3 is 0 Å². The molecule has 3 rings (SSSR count). The van der Waals surface area contributed by atoms with Crippen LogP contribution < -0.4 is 0 Å². The van der Waals surface area contributed by atoms with E-state index in [1.807, 2.05) is 6.07 Å². The molecule has 0 bridgehead atoms. The third-order valence-corrected chi connectivity index (χ3v) is 7.67. The van der Waals surface area contributed by atoms with Crippen LogP contribution >= 0.6 is 0 Å². The summed E-state index contributed by atoms with van der Waals surface area (Å²) in [6, 6.07) is 15.9. The van der Waals surface area contributed by atoms with Crippen molar-refractivity contribution in [1.82, 2.24) is 9.21 Å². The number of benzene rings is 2. The smallest absolute Gasteiger partial charge is 0.246 e. The highest BCUT2D eigenvalue weighted by Gasteiger charge is 2.34. The van der Waals surface area contributed by atoms with Gasteiger partial charge < -0.3 is 9.64 Å². The Bertz CT molecular complexity index is 884. The zero-order valence-corrected chi connectivity index (χ0v) is 18.4. The quantitative estimate of drug-likeness (QED) is 0.574. The van der Waals surface area contributed by atoms with E-state index in [2.05, 4.69) is 29.2 Å². The van der Waals surface area contributed by atoms with Crippen molar-refractivity contribution in [1.29, 1.82) is 0 Å². The third kappa shape index (κ3) is 5.88. The second kappa shape index (κ2) is 11.0. The van der Waals surface area contributed by atoms with Crippen LogP contribution in [0.3, 0.4) is 0 Å². The predicted molar refractivity (Wildman–Crippen MR) is 116 cm³/mol. The molecule has 0 aliphatic carbocycles. The van der Waals surface area contributed by atoms with E-state index in [0.29, 0.717) is 0 Å². The fraction of sp³-hybridized carbons (Fsp3) is 0.478. The third-order valence-electron chi connectivity index (χ3n) is 5.69. The van der Waals surface area contributed by atoms with Crippen LogP contribution in [0.25, 0.3) is 0 Å². The van der Waals surface area contributed by atoms with Crippen molar-refractivity contribution in [3.8, 4) is 0 Å². The van der Waals surface area contributed by atoms with Crippen LogP contribution in [0.2, 0.25) is 0 Å². The minimum absolute atomic E-state index is 0.143. The van der Waals surface area contributed by atoms with Gasteiger partial charge in [-0.05, 0) is 63.0 Å². The average Bonchev–Trinajstić information content (AvgIpc) is 2.76. The topological polar surface area (TPSA) is 49.9 Å². The summed E-state index contributed by atoms with van der Waals surface area (Å²) in [6.45, 7) is 3.20. The van der Waals surface area contributed by atoms with Gasteiger partial charge in [0.1, 0.15) is 10.7 Å². The molecular formula is C23H31FN2O3S. The first kappa shape index (κ1) is 22.9. The molecule has 1 aliphatic rings. The fourth-order valence-corrected chi connectivity index (χ4v) is 5.78. The van der Waals surface area contributed by atoms with Crippen LogP contribution in [0.5, 0.6) is 0 Å². The number of aryl methyl sites for hydroxylation is 1. The fourth-order valence-electron chi connectivity index (χ4n) is 4.04. The molecule has 0 spiro atoms. The number of hydrogen-bond acceptors (Lipinski definition) is 4. The summed E-state index contributed by atoms with van der Waals surface area (Å²) in [7, 11) is -2.37. The maximum Gasteiger partial charge on any atom is 0.246 e. The molecule has 0 N–H and O–H groups in total. The van der Waals surface area contributed by atoms with E-state index in [1.54, 1.807) is 13.2 Å². The molecule has 1 fully saturated rings. The van der Waals surface area contributed by atoms with Crippen molar-refractivity contribution in [3.05, 3.63) is 66.0 Å². The molecule has 0 atom stereocenters. The largest absolute Gasteiger partial charge is 0.383 e. The standard InChI is InChI=1S/C23H31FN2O3S/c1-29-19-18-26(30(27,28)23-12-6-5-11-22(23)24)21-13-16-25(17-14-21)15-7-10-20-8-3-2-4-9-20/h2-6,8-9,11-12,21H,7,10,13-19H2,1H3. The van der Waals surface area contributed by atoms with E-state index in [-0.39, 0.29) is 24.1 Å². The second-order valence-electron chi connectivity index (χ2n) is 7.70. The summed E-state index contributed by atoms with van der Waals surface area (Å²) in [5.74, 6) is -0.710. The normalized spacial score (nSPS) is 16.2. The highest BCUT2D eigenvalue weighted by Crippen LogP contribution is 2.26. The molecule has 1 aliphatic heterocycles.